The Bertz CT molecular complexity index is 436. The lowest BCUT2D eigenvalue weighted by Crippen LogP contribution is -2.14. The van der Waals surface area contributed by atoms with Crippen molar-refractivity contribution in [2.24, 2.45) is 4.99 Å². The lowest BCUT2D eigenvalue weighted by Gasteiger charge is -2.11. The maximum absolute atomic E-state index is 12.9. The molecule has 0 saturated carbocycles. The normalized spacial score (nSPS) is 11.5. The number of nitrogens with zero attached hydrogens (tertiary/aromatic N) is 3. The van der Waals surface area contributed by atoms with Gasteiger partial charge in [0.05, 0.1) is 23.3 Å². The standard InChI is InChI=1S/C12H17F2N3S/c1-5-17(3)7-15-10-6-9(11(13)14)12(18-4)16-8(10)2/h6-7,11H,5H2,1-4H3. The predicted octanol–water partition coefficient (Wildman–Crippen LogP) is 3.66. The zero-order valence-corrected chi connectivity index (χ0v) is 11.8. The van der Waals surface area contributed by atoms with E-state index in [-0.39, 0.29) is 5.56 Å². The van der Waals surface area contributed by atoms with Gasteiger partial charge in [0.15, 0.2) is 0 Å². The third-order valence-corrected chi connectivity index (χ3v) is 3.21. The van der Waals surface area contributed by atoms with E-state index in [0.717, 1.165) is 6.54 Å². The molecule has 0 aliphatic rings. The molecule has 0 bridgehead atoms. The SMILES string of the molecule is CCN(C)C=Nc1cc(C(F)F)c(SC)nc1C. The molecule has 1 heterocycles. The third-order valence-electron chi connectivity index (χ3n) is 2.50. The van der Waals surface area contributed by atoms with Crippen LogP contribution in [0.1, 0.15) is 24.6 Å². The molecule has 1 aromatic heterocycles. The molecule has 0 radical (unpaired) electrons. The second-order valence-corrected chi connectivity index (χ2v) is 4.60. The molecule has 0 amide bonds. The number of alkyl halides is 2. The summed E-state index contributed by atoms with van der Waals surface area (Å²) >= 11 is 1.22. The average molecular weight is 273 g/mol. The molecule has 0 spiro atoms. The van der Waals surface area contributed by atoms with Gasteiger partial charge in [-0.05, 0) is 26.2 Å². The van der Waals surface area contributed by atoms with Crippen LogP contribution in [0.3, 0.4) is 0 Å². The average Bonchev–Trinajstić information content (AvgIpc) is 2.35. The summed E-state index contributed by atoms with van der Waals surface area (Å²) in [7, 11) is 1.87. The number of halogens is 2. The summed E-state index contributed by atoms with van der Waals surface area (Å²) in [5.41, 5.74) is 1.09. The highest BCUT2D eigenvalue weighted by Crippen LogP contribution is 2.32. The molecule has 100 valence electrons. The van der Waals surface area contributed by atoms with Crippen molar-refractivity contribution in [2.45, 2.75) is 25.3 Å². The Hall–Kier alpha value is -1.17. The van der Waals surface area contributed by atoms with E-state index in [2.05, 4.69) is 9.98 Å². The minimum Gasteiger partial charge on any atom is -0.366 e. The summed E-state index contributed by atoms with van der Waals surface area (Å²) < 4.78 is 25.8. The predicted molar refractivity (Wildman–Crippen MR) is 72.2 cm³/mol. The minimum absolute atomic E-state index is 0.0561. The number of aromatic nitrogens is 1. The number of hydrogen-bond acceptors (Lipinski definition) is 3. The fourth-order valence-corrected chi connectivity index (χ4v) is 1.89. The van der Waals surface area contributed by atoms with Crippen LogP contribution in [0, 0.1) is 6.92 Å². The van der Waals surface area contributed by atoms with Gasteiger partial charge in [-0.1, -0.05) is 0 Å². The van der Waals surface area contributed by atoms with Crippen molar-refractivity contribution in [3.05, 3.63) is 17.3 Å². The van der Waals surface area contributed by atoms with E-state index in [1.165, 1.54) is 17.8 Å². The van der Waals surface area contributed by atoms with Crippen molar-refractivity contribution in [1.82, 2.24) is 9.88 Å². The molecule has 0 fully saturated rings. The molecule has 3 nitrogen and oxygen atoms in total. The quantitative estimate of drug-likeness (QED) is 0.465. The van der Waals surface area contributed by atoms with Crippen LogP contribution in [0.4, 0.5) is 14.5 Å². The maximum atomic E-state index is 12.9. The Labute approximate surface area is 110 Å². The van der Waals surface area contributed by atoms with E-state index in [4.69, 9.17) is 0 Å². The molecule has 1 aromatic rings. The molecule has 18 heavy (non-hydrogen) atoms. The van der Waals surface area contributed by atoms with Gasteiger partial charge in [0.2, 0.25) is 0 Å². The Kier molecular flexibility index (Phi) is 5.53. The molecular weight excluding hydrogens is 256 g/mol. The van der Waals surface area contributed by atoms with E-state index in [1.54, 1.807) is 19.5 Å². The summed E-state index contributed by atoms with van der Waals surface area (Å²) in [5, 5.41) is 0.366. The van der Waals surface area contributed by atoms with Gasteiger partial charge in [0.25, 0.3) is 6.43 Å². The molecule has 0 unspecified atom stereocenters. The van der Waals surface area contributed by atoms with E-state index >= 15 is 0 Å². The highest BCUT2D eigenvalue weighted by Gasteiger charge is 2.16. The van der Waals surface area contributed by atoms with Crippen LogP contribution in [0.25, 0.3) is 0 Å². The smallest absolute Gasteiger partial charge is 0.266 e. The van der Waals surface area contributed by atoms with E-state index in [0.29, 0.717) is 16.4 Å². The van der Waals surface area contributed by atoms with Crippen molar-refractivity contribution in [1.29, 1.82) is 0 Å². The van der Waals surface area contributed by atoms with Gasteiger partial charge in [0, 0.05) is 13.6 Å². The highest BCUT2D eigenvalue weighted by atomic mass is 32.2. The van der Waals surface area contributed by atoms with Crippen molar-refractivity contribution >= 4 is 23.8 Å². The first-order valence-corrected chi connectivity index (χ1v) is 6.80. The Morgan fingerprint density at radius 1 is 1.56 bits per heavy atom. The molecule has 1 rings (SSSR count). The van der Waals surface area contributed by atoms with Crippen LogP contribution in [-0.4, -0.2) is 36.1 Å². The molecule has 0 atom stereocenters. The number of hydrogen-bond donors (Lipinski definition) is 0. The molecule has 0 aliphatic heterocycles. The van der Waals surface area contributed by atoms with Crippen LogP contribution >= 0.6 is 11.8 Å². The van der Waals surface area contributed by atoms with Crippen molar-refractivity contribution in [3.8, 4) is 0 Å². The van der Waals surface area contributed by atoms with Crippen LogP contribution in [0.5, 0.6) is 0 Å². The van der Waals surface area contributed by atoms with Gasteiger partial charge < -0.3 is 4.90 Å². The largest absolute Gasteiger partial charge is 0.366 e. The molecule has 0 aliphatic carbocycles. The number of aryl methyl sites for hydroxylation is 1. The second kappa shape index (κ2) is 6.68. The Morgan fingerprint density at radius 2 is 2.22 bits per heavy atom. The summed E-state index contributed by atoms with van der Waals surface area (Å²) in [4.78, 5) is 10.2. The lowest BCUT2D eigenvalue weighted by atomic mass is 10.2. The Balaban J connectivity index is 3.13. The topological polar surface area (TPSA) is 28.5 Å². The first-order valence-electron chi connectivity index (χ1n) is 5.57. The molecule has 0 aromatic carbocycles. The molecule has 0 saturated heterocycles. The van der Waals surface area contributed by atoms with Gasteiger partial charge in [-0.3, -0.25) is 0 Å². The third kappa shape index (κ3) is 3.66. The number of thioether (sulfide) groups is 1. The zero-order valence-electron chi connectivity index (χ0n) is 10.9. The van der Waals surface area contributed by atoms with Crippen LogP contribution in [0.2, 0.25) is 0 Å². The van der Waals surface area contributed by atoms with E-state index < -0.39 is 6.43 Å². The summed E-state index contributed by atoms with van der Waals surface area (Å²) in [6.45, 7) is 4.56. The van der Waals surface area contributed by atoms with Gasteiger partial charge in [-0.25, -0.2) is 18.8 Å². The van der Waals surface area contributed by atoms with E-state index in [9.17, 15) is 8.78 Å². The monoisotopic (exact) mass is 273 g/mol. The zero-order chi connectivity index (χ0) is 13.7. The number of pyridine rings is 1. The lowest BCUT2D eigenvalue weighted by molar-refractivity contribution is 0.147. The highest BCUT2D eigenvalue weighted by molar-refractivity contribution is 7.98. The van der Waals surface area contributed by atoms with Crippen molar-refractivity contribution in [2.75, 3.05) is 19.8 Å². The van der Waals surface area contributed by atoms with Crippen LogP contribution < -0.4 is 0 Å². The fraction of sp³-hybridized carbons (Fsp3) is 0.500. The maximum Gasteiger partial charge on any atom is 0.266 e. The minimum atomic E-state index is -2.53. The Morgan fingerprint density at radius 3 is 2.72 bits per heavy atom. The van der Waals surface area contributed by atoms with Gasteiger partial charge in [0.1, 0.15) is 5.03 Å². The van der Waals surface area contributed by atoms with Gasteiger partial charge >= 0.3 is 0 Å². The number of aliphatic imine (C=N–C) groups is 1. The second-order valence-electron chi connectivity index (χ2n) is 3.81. The molecule has 0 N–H and O–H groups in total. The summed E-state index contributed by atoms with van der Waals surface area (Å²) in [6.07, 6.45) is 0.831. The van der Waals surface area contributed by atoms with Crippen LogP contribution in [0.15, 0.2) is 16.1 Å². The summed E-state index contributed by atoms with van der Waals surface area (Å²) in [5.74, 6) is 0. The fourth-order valence-electron chi connectivity index (χ4n) is 1.28. The van der Waals surface area contributed by atoms with Crippen molar-refractivity contribution in [3.63, 3.8) is 0 Å². The van der Waals surface area contributed by atoms with Crippen LogP contribution in [-0.2, 0) is 0 Å². The van der Waals surface area contributed by atoms with Gasteiger partial charge in [-0.15, -0.1) is 11.8 Å². The number of rotatable bonds is 5. The van der Waals surface area contributed by atoms with Crippen molar-refractivity contribution < 1.29 is 8.78 Å². The van der Waals surface area contributed by atoms with E-state index in [1.807, 2.05) is 18.9 Å². The molecule has 6 heteroatoms. The molecular formula is C12H17F2N3S. The van der Waals surface area contributed by atoms with Gasteiger partial charge in [-0.2, -0.15) is 0 Å². The summed E-state index contributed by atoms with van der Waals surface area (Å²) in [6, 6.07) is 1.42. The first-order chi connectivity index (χ1) is 8.49. The first kappa shape index (κ1) is 14.9.